The number of piperazine rings is 1. The molecule has 3 rings (SSSR count). The summed E-state index contributed by atoms with van der Waals surface area (Å²) in [5.74, 6) is 0.117. The van der Waals surface area contributed by atoms with Gasteiger partial charge in [-0.05, 0) is 31.0 Å². The Morgan fingerprint density at radius 2 is 1.48 bits per heavy atom. The van der Waals surface area contributed by atoms with Crippen molar-refractivity contribution >= 4 is 11.6 Å². The van der Waals surface area contributed by atoms with Crippen molar-refractivity contribution in [2.24, 2.45) is 0 Å². The number of aryl methyl sites for hydroxylation is 2. The van der Waals surface area contributed by atoms with Gasteiger partial charge in [-0.1, -0.05) is 42.5 Å². The summed E-state index contributed by atoms with van der Waals surface area (Å²) in [5.41, 5.74) is 4.86. The lowest BCUT2D eigenvalue weighted by molar-refractivity contribution is -1.02. The van der Waals surface area contributed by atoms with Crippen molar-refractivity contribution in [3.63, 3.8) is 0 Å². The molecule has 1 saturated heterocycles. The topological polar surface area (TPSA) is 38.0 Å². The molecule has 3 N–H and O–H groups in total. The third kappa shape index (κ3) is 4.91. The number of hydrogen-bond acceptors (Lipinski definition) is 1. The molecule has 132 valence electrons. The minimum absolute atomic E-state index is 0.117. The van der Waals surface area contributed by atoms with E-state index in [1.54, 1.807) is 4.90 Å². The van der Waals surface area contributed by atoms with Gasteiger partial charge in [0.05, 0.1) is 0 Å². The van der Waals surface area contributed by atoms with Gasteiger partial charge in [0.25, 0.3) is 5.91 Å². The Hall–Kier alpha value is -2.17. The predicted octanol–water partition coefficient (Wildman–Crippen LogP) is 0.226. The molecule has 1 amide bonds. The minimum Gasteiger partial charge on any atom is -0.322 e. The number of carbonyl (C=O) groups is 1. The average molecular weight is 339 g/mol. The Morgan fingerprint density at radius 1 is 0.880 bits per heavy atom. The maximum absolute atomic E-state index is 12.3. The molecule has 0 unspecified atom stereocenters. The zero-order chi connectivity index (χ0) is 17.6. The van der Waals surface area contributed by atoms with Crippen LogP contribution in [0.1, 0.15) is 16.7 Å². The number of quaternary nitrogens is 2. The number of anilines is 1. The summed E-state index contributed by atoms with van der Waals surface area (Å²) in [4.78, 5) is 15.3. The molecular weight excluding hydrogens is 310 g/mol. The van der Waals surface area contributed by atoms with Crippen LogP contribution in [0.25, 0.3) is 0 Å². The van der Waals surface area contributed by atoms with Gasteiger partial charge in [0, 0.05) is 11.3 Å². The molecule has 4 heteroatoms. The Morgan fingerprint density at radius 3 is 2.16 bits per heavy atom. The van der Waals surface area contributed by atoms with Gasteiger partial charge in [-0.2, -0.15) is 0 Å². The summed E-state index contributed by atoms with van der Waals surface area (Å²) in [6.07, 6.45) is 0. The zero-order valence-electron chi connectivity index (χ0n) is 15.3. The van der Waals surface area contributed by atoms with Crippen LogP contribution in [0.4, 0.5) is 5.69 Å². The molecule has 0 radical (unpaired) electrons. The molecule has 2 aromatic carbocycles. The highest BCUT2D eigenvalue weighted by atomic mass is 16.2. The number of amides is 1. The van der Waals surface area contributed by atoms with Gasteiger partial charge >= 0.3 is 0 Å². The van der Waals surface area contributed by atoms with E-state index in [0.29, 0.717) is 6.54 Å². The van der Waals surface area contributed by atoms with E-state index in [0.717, 1.165) is 44.0 Å². The van der Waals surface area contributed by atoms with Gasteiger partial charge < -0.3 is 15.1 Å². The predicted molar refractivity (Wildman–Crippen MR) is 101 cm³/mol. The molecule has 1 heterocycles. The van der Waals surface area contributed by atoms with Crippen LogP contribution in [0.5, 0.6) is 0 Å². The molecule has 25 heavy (non-hydrogen) atoms. The second kappa shape index (κ2) is 8.28. The van der Waals surface area contributed by atoms with Crippen molar-refractivity contribution < 1.29 is 14.6 Å². The van der Waals surface area contributed by atoms with E-state index in [4.69, 9.17) is 0 Å². The molecule has 0 saturated carbocycles. The fraction of sp³-hybridized carbons (Fsp3) is 0.381. The summed E-state index contributed by atoms with van der Waals surface area (Å²) in [6, 6.07) is 16.6. The monoisotopic (exact) mass is 339 g/mol. The molecule has 1 fully saturated rings. The first kappa shape index (κ1) is 17.6. The molecule has 1 aliphatic heterocycles. The van der Waals surface area contributed by atoms with Crippen LogP contribution in [-0.2, 0) is 11.3 Å². The lowest BCUT2D eigenvalue weighted by atomic mass is 10.1. The van der Waals surface area contributed by atoms with Gasteiger partial charge in [-0.25, -0.2) is 0 Å². The summed E-state index contributed by atoms with van der Waals surface area (Å²) in [6.45, 7) is 10.2. The largest absolute Gasteiger partial charge is 0.322 e. The fourth-order valence-corrected chi connectivity index (χ4v) is 3.52. The first-order valence-electron chi connectivity index (χ1n) is 9.19. The number of nitrogens with one attached hydrogen (secondary N) is 3. The van der Waals surface area contributed by atoms with Gasteiger partial charge in [-0.3, -0.25) is 4.79 Å². The van der Waals surface area contributed by atoms with Crippen molar-refractivity contribution in [2.75, 3.05) is 38.0 Å². The van der Waals surface area contributed by atoms with Crippen molar-refractivity contribution in [3.8, 4) is 0 Å². The van der Waals surface area contributed by atoms with Crippen LogP contribution >= 0.6 is 0 Å². The highest BCUT2D eigenvalue weighted by molar-refractivity contribution is 5.92. The Balaban J connectivity index is 1.45. The average Bonchev–Trinajstić information content (AvgIpc) is 2.61. The standard InChI is InChI=1S/C21H27N3O/c1-17-7-3-5-9-19(17)15-23-11-13-24(14-12-23)16-21(25)22-20-10-6-4-8-18(20)2/h3-10H,11-16H2,1-2H3,(H,22,25)/p+2. The zero-order valence-corrected chi connectivity index (χ0v) is 15.3. The van der Waals surface area contributed by atoms with Crippen LogP contribution in [0, 0.1) is 13.8 Å². The molecule has 1 aliphatic rings. The van der Waals surface area contributed by atoms with Crippen LogP contribution in [0.2, 0.25) is 0 Å². The Bertz CT molecular complexity index is 721. The number of para-hydroxylation sites is 1. The SMILES string of the molecule is Cc1ccccc1C[NH+]1CC[NH+](CC(=O)Nc2ccccc2C)CC1. The van der Waals surface area contributed by atoms with Gasteiger partial charge in [0.1, 0.15) is 32.7 Å². The van der Waals surface area contributed by atoms with Gasteiger partial charge in [0.2, 0.25) is 0 Å². The fourth-order valence-electron chi connectivity index (χ4n) is 3.52. The first-order valence-corrected chi connectivity index (χ1v) is 9.19. The Labute approximate surface area is 150 Å². The first-order chi connectivity index (χ1) is 12.1. The van der Waals surface area contributed by atoms with E-state index < -0.39 is 0 Å². The molecular formula is C21H29N3O+2. The number of hydrogen-bond donors (Lipinski definition) is 3. The normalized spacial score (nSPS) is 20.2. The third-order valence-electron chi connectivity index (χ3n) is 5.20. The van der Waals surface area contributed by atoms with E-state index >= 15 is 0 Å². The van der Waals surface area contributed by atoms with Crippen LogP contribution in [0.3, 0.4) is 0 Å². The van der Waals surface area contributed by atoms with Crippen molar-refractivity contribution in [3.05, 3.63) is 65.2 Å². The minimum atomic E-state index is 0.117. The summed E-state index contributed by atoms with van der Waals surface area (Å²) in [5, 5.41) is 3.05. The lowest BCUT2D eigenvalue weighted by Crippen LogP contribution is -3.28. The Kier molecular flexibility index (Phi) is 5.84. The highest BCUT2D eigenvalue weighted by Gasteiger charge is 2.25. The molecule has 0 aromatic heterocycles. The molecule has 2 aromatic rings. The third-order valence-corrected chi connectivity index (χ3v) is 5.20. The quantitative estimate of drug-likeness (QED) is 0.717. The molecule has 0 spiro atoms. The maximum atomic E-state index is 12.3. The second-order valence-corrected chi connectivity index (χ2v) is 7.14. The number of rotatable bonds is 5. The van der Waals surface area contributed by atoms with Crippen LogP contribution < -0.4 is 15.1 Å². The maximum Gasteiger partial charge on any atom is 0.279 e. The van der Waals surface area contributed by atoms with E-state index in [1.807, 2.05) is 31.2 Å². The van der Waals surface area contributed by atoms with Crippen molar-refractivity contribution in [1.29, 1.82) is 0 Å². The molecule has 4 nitrogen and oxygen atoms in total. The van der Waals surface area contributed by atoms with Gasteiger partial charge in [-0.15, -0.1) is 0 Å². The lowest BCUT2D eigenvalue weighted by Gasteiger charge is -2.29. The smallest absolute Gasteiger partial charge is 0.279 e. The molecule has 0 atom stereocenters. The summed E-state index contributed by atoms with van der Waals surface area (Å²) < 4.78 is 0. The number of benzene rings is 2. The van der Waals surface area contributed by atoms with Gasteiger partial charge in [0.15, 0.2) is 6.54 Å². The highest BCUT2D eigenvalue weighted by Crippen LogP contribution is 2.12. The molecule has 0 bridgehead atoms. The van der Waals surface area contributed by atoms with Crippen LogP contribution in [-0.4, -0.2) is 38.6 Å². The van der Waals surface area contributed by atoms with Crippen molar-refractivity contribution in [1.82, 2.24) is 0 Å². The van der Waals surface area contributed by atoms with E-state index in [2.05, 4.69) is 36.5 Å². The summed E-state index contributed by atoms with van der Waals surface area (Å²) in [7, 11) is 0. The number of carbonyl (C=O) groups excluding carboxylic acids is 1. The van der Waals surface area contributed by atoms with E-state index in [9.17, 15) is 4.79 Å². The van der Waals surface area contributed by atoms with Crippen molar-refractivity contribution in [2.45, 2.75) is 20.4 Å². The molecule has 0 aliphatic carbocycles. The second-order valence-electron chi connectivity index (χ2n) is 7.14. The van der Waals surface area contributed by atoms with Crippen LogP contribution in [0.15, 0.2) is 48.5 Å². The van der Waals surface area contributed by atoms with E-state index in [1.165, 1.54) is 16.0 Å². The van der Waals surface area contributed by atoms with E-state index in [-0.39, 0.29) is 5.91 Å². The summed E-state index contributed by atoms with van der Waals surface area (Å²) >= 11 is 0.